The Balaban J connectivity index is 2.36. The molecule has 1 aliphatic heterocycles. The molecule has 1 saturated heterocycles. The van der Waals surface area contributed by atoms with Crippen LogP contribution in [0, 0.1) is 12.3 Å². The standard InChI is InChI=1S/C12H18N4S/c1-8-3-5-15-12(10(8)11(13)14)16(2)9-4-6-17-7-9/h3,5,9H,4,6-7H2,1-2H3,(H3,13,14). The van der Waals surface area contributed by atoms with Crippen molar-refractivity contribution in [3.8, 4) is 0 Å². The summed E-state index contributed by atoms with van der Waals surface area (Å²) in [5.74, 6) is 3.27. The Morgan fingerprint density at radius 1 is 1.65 bits per heavy atom. The first-order valence-electron chi connectivity index (χ1n) is 5.72. The van der Waals surface area contributed by atoms with Crippen molar-refractivity contribution in [2.75, 3.05) is 23.5 Å². The van der Waals surface area contributed by atoms with E-state index in [1.165, 1.54) is 12.2 Å². The molecular formula is C12H18N4S. The predicted octanol–water partition coefficient (Wildman–Crippen LogP) is 1.62. The Bertz CT molecular complexity index is 427. The SMILES string of the molecule is Cc1ccnc(N(C)C2CCSC2)c1C(=N)N. The molecule has 0 radical (unpaired) electrons. The third-order valence-electron chi connectivity index (χ3n) is 3.20. The van der Waals surface area contributed by atoms with Gasteiger partial charge in [0.2, 0.25) is 0 Å². The molecule has 0 saturated carbocycles. The second kappa shape index (κ2) is 4.96. The molecule has 4 nitrogen and oxygen atoms in total. The van der Waals surface area contributed by atoms with E-state index in [1.807, 2.05) is 31.8 Å². The Kier molecular flexibility index (Phi) is 3.57. The summed E-state index contributed by atoms with van der Waals surface area (Å²) in [6.07, 6.45) is 2.96. The minimum atomic E-state index is 0.100. The summed E-state index contributed by atoms with van der Waals surface area (Å²) < 4.78 is 0. The molecule has 1 atom stereocenters. The topological polar surface area (TPSA) is 66.0 Å². The van der Waals surface area contributed by atoms with E-state index < -0.39 is 0 Å². The van der Waals surface area contributed by atoms with Crippen LogP contribution < -0.4 is 10.6 Å². The number of anilines is 1. The van der Waals surface area contributed by atoms with Crippen molar-refractivity contribution in [3.05, 3.63) is 23.4 Å². The van der Waals surface area contributed by atoms with E-state index in [9.17, 15) is 0 Å². The van der Waals surface area contributed by atoms with Gasteiger partial charge in [0.15, 0.2) is 0 Å². The van der Waals surface area contributed by atoms with Crippen LogP contribution in [-0.2, 0) is 0 Å². The van der Waals surface area contributed by atoms with Crippen LogP contribution in [0.5, 0.6) is 0 Å². The van der Waals surface area contributed by atoms with Crippen LogP contribution in [0.25, 0.3) is 0 Å². The van der Waals surface area contributed by atoms with Gasteiger partial charge in [-0.05, 0) is 30.7 Å². The summed E-state index contributed by atoms with van der Waals surface area (Å²) in [6, 6.07) is 2.41. The number of nitrogen functional groups attached to an aromatic ring is 1. The summed E-state index contributed by atoms with van der Waals surface area (Å²) in [7, 11) is 2.05. The quantitative estimate of drug-likeness (QED) is 0.632. The number of hydrogen-bond acceptors (Lipinski definition) is 4. The molecule has 2 heterocycles. The van der Waals surface area contributed by atoms with Gasteiger partial charge in [0, 0.05) is 25.0 Å². The lowest BCUT2D eigenvalue weighted by Crippen LogP contribution is -2.34. The van der Waals surface area contributed by atoms with Crippen molar-refractivity contribution in [1.29, 1.82) is 5.41 Å². The molecule has 2 rings (SSSR count). The number of pyridine rings is 1. The lowest BCUT2D eigenvalue weighted by molar-refractivity contribution is 0.691. The van der Waals surface area contributed by atoms with Crippen LogP contribution >= 0.6 is 11.8 Å². The Labute approximate surface area is 106 Å². The highest BCUT2D eigenvalue weighted by atomic mass is 32.2. The van der Waals surface area contributed by atoms with Crippen LogP contribution in [0.15, 0.2) is 12.3 Å². The molecule has 0 amide bonds. The van der Waals surface area contributed by atoms with E-state index in [0.29, 0.717) is 6.04 Å². The highest BCUT2D eigenvalue weighted by Crippen LogP contribution is 2.27. The fourth-order valence-electron chi connectivity index (χ4n) is 2.14. The molecule has 3 N–H and O–H groups in total. The number of rotatable bonds is 3. The highest BCUT2D eigenvalue weighted by molar-refractivity contribution is 7.99. The molecule has 5 heteroatoms. The zero-order valence-corrected chi connectivity index (χ0v) is 11.0. The van der Waals surface area contributed by atoms with E-state index in [1.54, 1.807) is 6.20 Å². The zero-order chi connectivity index (χ0) is 12.4. The lowest BCUT2D eigenvalue weighted by atomic mass is 10.1. The van der Waals surface area contributed by atoms with Gasteiger partial charge < -0.3 is 10.6 Å². The summed E-state index contributed by atoms with van der Waals surface area (Å²) >= 11 is 1.97. The number of nitrogens with two attached hydrogens (primary N) is 1. The van der Waals surface area contributed by atoms with Gasteiger partial charge in [-0.2, -0.15) is 11.8 Å². The van der Waals surface area contributed by atoms with E-state index in [2.05, 4.69) is 9.88 Å². The summed E-state index contributed by atoms with van der Waals surface area (Å²) in [4.78, 5) is 6.57. The first kappa shape index (κ1) is 12.2. The van der Waals surface area contributed by atoms with Crippen molar-refractivity contribution >= 4 is 23.4 Å². The molecular weight excluding hydrogens is 232 g/mol. The Morgan fingerprint density at radius 3 is 3.00 bits per heavy atom. The molecule has 92 valence electrons. The number of nitrogens with one attached hydrogen (secondary N) is 1. The van der Waals surface area contributed by atoms with Crippen LogP contribution in [-0.4, -0.2) is 35.4 Å². The lowest BCUT2D eigenvalue weighted by Gasteiger charge is -2.27. The number of nitrogens with zero attached hydrogens (tertiary/aromatic N) is 2. The predicted molar refractivity (Wildman–Crippen MR) is 74.1 cm³/mol. The van der Waals surface area contributed by atoms with Crippen molar-refractivity contribution in [2.45, 2.75) is 19.4 Å². The van der Waals surface area contributed by atoms with Gasteiger partial charge >= 0.3 is 0 Å². The van der Waals surface area contributed by atoms with Crippen molar-refractivity contribution in [3.63, 3.8) is 0 Å². The van der Waals surface area contributed by atoms with Gasteiger partial charge in [-0.3, -0.25) is 5.41 Å². The minimum absolute atomic E-state index is 0.100. The number of thioether (sulfide) groups is 1. The second-order valence-electron chi connectivity index (χ2n) is 4.37. The van der Waals surface area contributed by atoms with E-state index >= 15 is 0 Å². The largest absolute Gasteiger partial charge is 0.384 e. The molecule has 0 spiro atoms. The summed E-state index contributed by atoms with van der Waals surface area (Å²) in [5.41, 5.74) is 7.45. The fourth-order valence-corrected chi connectivity index (χ4v) is 3.41. The number of amidine groups is 1. The van der Waals surface area contributed by atoms with Crippen LogP contribution in [0.2, 0.25) is 0 Å². The maximum atomic E-state index is 7.69. The van der Waals surface area contributed by atoms with Crippen molar-refractivity contribution in [1.82, 2.24) is 4.98 Å². The average Bonchev–Trinajstić information content (AvgIpc) is 2.80. The maximum absolute atomic E-state index is 7.69. The van der Waals surface area contributed by atoms with Crippen molar-refractivity contribution < 1.29 is 0 Å². The third-order valence-corrected chi connectivity index (χ3v) is 4.34. The minimum Gasteiger partial charge on any atom is -0.384 e. The van der Waals surface area contributed by atoms with E-state index in [-0.39, 0.29) is 5.84 Å². The second-order valence-corrected chi connectivity index (χ2v) is 5.52. The molecule has 0 bridgehead atoms. The van der Waals surface area contributed by atoms with E-state index in [0.717, 1.165) is 22.7 Å². The Morgan fingerprint density at radius 2 is 2.41 bits per heavy atom. The molecule has 1 unspecified atom stereocenters. The van der Waals surface area contributed by atoms with Gasteiger partial charge in [0.05, 0.1) is 5.56 Å². The molecule has 1 fully saturated rings. The first-order valence-corrected chi connectivity index (χ1v) is 6.87. The molecule has 0 aromatic carbocycles. The van der Waals surface area contributed by atoms with Gasteiger partial charge in [0.1, 0.15) is 11.7 Å². The third kappa shape index (κ3) is 2.39. The molecule has 1 aromatic rings. The van der Waals surface area contributed by atoms with E-state index in [4.69, 9.17) is 11.1 Å². The number of aryl methyl sites for hydroxylation is 1. The summed E-state index contributed by atoms with van der Waals surface area (Å²) in [5, 5.41) is 7.69. The van der Waals surface area contributed by atoms with Gasteiger partial charge in [-0.15, -0.1) is 0 Å². The zero-order valence-electron chi connectivity index (χ0n) is 10.2. The monoisotopic (exact) mass is 250 g/mol. The first-order chi connectivity index (χ1) is 8.11. The molecule has 1 aliphatic rings. The maximum Gasteiger partial charge on any atom is 0.139 e. The molecule has 17 heavy (non-hydrogen) atoms. The number of hydrogen-bond donors (Lipinski definition) is 2. The Hall–Kier alpha value is -1.23. The molecule has 1 aromatic heterocycles. The van der Waals surface area contributed by atoms with Crippen LogP contribution in [0.1, 0.15) is 17.5 Å². The average molecular weight is 250 g/mol. The number of aromatic nitrogens is 1. The van der Waals surface area contributed by atoms with Gasteiger partial charge in [-0.25, -0.2) is 4.98 Å². The van der Waals surface area contributed by atoms with Crippen molar-refractivity contribution in [2.24, 2.45) is 5.73 Å². The van der Waals surface area contributed by atoms with Gasteiger partial charge in [0.25, 0.3) is 0 Å². The smallest absolute Gasteiger partial charge is 0.139 e. The normalized spacial score (nSPS) is 19.3. The fraction of sp³-hybridized carbons (Fsp3) is 0.500. The van der Waals surface area contributed by atoms with Crippen LogP contribution in [0.3, 0.4) is 0 Å². The van der Waals surface area contributed by atoms with Gasteiger partial charge in [-0.1, -0.05) is 0 Å². The summed E-state index contributed by atoms with van der Waals surface area (Å²) in [6.45, 7) is 1.97. The van der Waals surface area contributed by atoms with Crippen LogP contribution in [0.4, 0.5) is 5.82 Å². The molecule has 0 aliphatic carbocycles. The highest BCUT2D eigenvalue weighted by Gasteiger charge is 2.24.